The number of benzene rings is 10. The van der Waals surface area contributed by atoms with Crippen LogP contribution in [0.3, 0.4) is 0 Å². The normalized spacial score (nSPS) is 13.1. The summed E-state index contributed by atoms with van der Waals surface area (Å²) in [6, 6.07) is 87.3. The van der Waals surface area contributed by atoms with E-state index in [9.17, 15) is 10.5 Å². The van der Waals surface area contributed by atoms with Gasteiger partial charge in [-0.25, -0.2) is 0 Å². The summed E-state index contributed by atoms with van der Waals surface area (Å²) < 4.78 is 9.44. The van der Waals surface area contributed by atoms with Crippen molar-refractivity contribution < 1.29 is 0 Å². The highest BCUT2D eigenvalue weighted by Crippen LogP contribution is 2.63. The fourth-order valence-electron chi connectivity index (χ4n) is 14.2. The number of fused-ring (bicyclic) bond motifs is 21. The molecule has 7 heterocycles. The zero-order chi connectivity index (χ0) is 53.9. The van der Waals surface area contributed by atoms with E-state index in [1.54, 1.807) is 11.8 Å². The molecule has 10 aromatic carbocycles. The Morgan fingerprint density at radius 2 is 0.622 bits per heavy atom. The first-order valence-corrected chi connectivity index (χ1v) is 28.2. The molecular weight excluding hydrogens is 1020 g/mol. The monoisotopic (exact) mass is 1060 g/mol. The van der Waals surface area contributed by atoms with Crippen LogP contribution in [-0.2, 0) is 5.41 Å². The number of hydrogen-bond acceptors (Lipinski definition) is 5. The molecule has 0 bridgehead atoms. The Balaban J connectivity index is 0.967. The Morgan fingerprint density at radius 3 is 0.976 bits per heavy atom. The smallest absolute Gasteiger partial charge is 0.0991 e. The van der Waals surface area contributed by atoms with Gasteiger partial charge in [-0.15, -0.1) is 0 Å². The molecule has 1 aliphatic carbocycles. The number of aromatic nitrogens is 6. The molecule has 1 aliphatic heterocycles. The SMILES string of the molecule is N#Cc1ccc2c(c1)c1ccccc1n2-c1ccc2c(c1)Sc1cc(-n3c4ccccc4c4cc(C#N)ccc43)ccc1C21c2cc(-n3c4ccccc4c4ccccc43)cnc2-c2ncc(-n3c4ccccc4c4ccccc43)cc21. The molecule has 16 aromatic rings. The number of hydrogen-bond donors (Lipinski definition) is 0. The lowest BCUT2D eigenvalue weighted by Gasteiger charge is -2.40. The van der Waals surface area contributed by atoms with Crippen LogP contribution in [0.15, 0.2) is 253 Å². The summed E-state index contributed by atoms with van der Waals surface area (Å²) >= 11 is 1.80. The molecule has 6 aromatic heterocycles. The van der Waals surface area contributed by atoms with E-state index in [4.69, 9.17) is 9.97 Å². The van der Waals surface area contributed by atoms with E-state index < -0.39 is 5.41 Å². The van der Waals surface area contributed by atoms with Crippen LogP contribution in [0.4, 0.5) is 0 Å². The van der Waals surface area contributed by atoms with Gasteiger partial charge in [0.2, 0.25) is 0 Å². The first-order valence-electron chi connectivity index (χ1n) is 27.4. The summed E-state index contributed by atoms with van der Waals surface area (Å²) in [5.41, 5.74) is 19.0. The Bertz CT molecular complexity index is 5170. The van der Waals surface area contributed by atoms with Crippen LogP contribution >= 0.6 is 11.8 Å². The molecule has 0 saturated heterocycles. The van der Waals surface area contributed by atoms with Crippen LogP contribution in [0.2, 0.25) is 0 Å². The summed E-state index contributed by atoms with van der Waals surface area (Å²) in [6.45, 7) is 0. The fraction of sp³-hybridized carbons (Fsp3) is 0.0137. The van der Waals surface area contributed by atoms with Crippen LogP contribution in [0.5, 0.6) is 0 Å². The van der Waals surface area contributed by atoms with E-state index in [0.29, 0.717) is 11.1 Å². The van der Waals surface area contributed by atoms with Crippen molar-refractivity contribution in [2.24, 2.45) is 0 Å². The van der Waals surface area contributed by atoms with E-state index >= 15 is 0 Å². The minimum Gasteiger partial charge on any atom is -0.309 e. The average Bonchev–Trinajstić information content (AvgIpc) is 4.01. The van der Waals surface area contributed by atoms with Crippen LogP contribution < -0.4 is 0 Å². The maximum Gasteiger partial charge on any atom is 0.0991 e. The predicted molar refractivity (Wildman–Crippen MR) is 330 cm³/mol. The second-order valence-corrected chi connectivity index (χ2v) is 22.6. The van der Waals surface area contributed by atoms with E-state index in [1.807, 2.05) is 36.7 Å². The maximum atomic E-state index is 10.1. The Morgan fingerprint density at radius 1 is 0.305 bits per heavy atom. The molecule has 0 fully saturated rings. The van der Waals surface area contributed by atoms with Crippen molar-refractivity contribution >= 4 is 99.0 Å². The molecule has 0 radical (unpaired) electrons. The Hall–Kier alpha value is -11.0. The highest BCUT2D eigenvalue weighted by Gasteiger charge is 2.52. The van der Waals surface area contributed by atoms with Crippen LogP contribution in [-0.4, -0.2) is 28.2 Å². The molecule has 378 valence electrons. The first-order chi connectivity index (χ1) is 40.6. The molecule has 0 unspecified atom stereocenters. The molecule has 18 rings (SSSR count). The summed E-state index contributed by atoms with van der Waals surface area (Å²) in [6.07, 6.45) is 4.07. The summed E-state index contributed by atoms with van der Waals surface area (Å²) in [4.78, 5) is 13.4. The number of nitrogens with zero attached hydrogens (tertiary/aromatic N) is 8. The minimum atomic E-state index is -0.938. The van der Waals surface area contributed by atoms with Crippen LogP contribution in [0.25, 0.3) is 121 Å². The van der Waals surface area contributed by atoms with Gasteiger partial charge in [-0.05, 0) is 120 Å². The van der Waals surface area contributed by atoms with Gasteiger partial charge in [0.15, 0.2) is 0 Å². The first kappa shape index (κ1) is 45.0. The van der Waals surface area contributed by atoms with Gasteiger partial charge in [-0.1, -0.05) is 133 Å². The summed E-state index contributed by atoms with van der Waals surface area (Å²) in [7, 11) is 0. The topological polar surface area (TPSA) is 93.1 Å². The van der Waals surface area contributed by atoms with Gasteiger partial charge in [0.25, 0.3) is 0 Å². The molecule has 2 aliphatic rings. The molecule has 82 heavy (non-hydrogen) atoms. The summed E-state index contributed by atoms with van der Waals surface area (Å²) in [5, 5.41) is 29.2. The van der Waals surface area contributed by atoms with Gasteiger partial charge >= 0.3 is 0 Å². The van der Waals surface area contributed by atoms with Gasteiger partial charge in [-0.2, -0.15) is 10.5 Å². The van der Waals surface area contributed by atoms with Crippen LogP contribution in [0, 0.1) is 22.7 Å². The highest BCUT2D eigenvalue weighted by molar-refractivity contribution is 7.99. The number of nitriles is 2. The number of para-hydroxylation sites is 6. The molecule has 9 heteroatoms. The Labute approximate surface area is 472 Å². The molecule has 0 N–H and O–H groups in total. The average molecular weight is 1060 g/mol. The largest absolute Gasteiger partial charge is 0.309 e. The summed E-state index contributed by atoms with van der Waals surface area (Å²) in [5.74, 6) is 0. The lowest BCUT2D eigenvalue weighted by molar-refractivity contribution is 0.716. The molecule has 0 saturated carbocycles. The number of rotatable bonds is 4. The van der Waals surface area contributed by atoms with Gasteiger partial charge in [0.05, 0.1) is 108 Å². The third-order valence-corrected chi connectivity index (χ3v) is 18.6. The second kappa shape index (κ2) is 16.5. The number of pyridine rings is 2. The van der Waals surface area contributed by atoms with Crippen molar-refractivity contribution in [2.45, 2.75) is 15.2 Å². The lowest BCUT2D eigenvalue weighted by Crippen LogP contribution is -2.32. The third kappa shape index (κ3) is 5.88. The zero-order valence-electron chi connectivity index (χ0n) is 43.6. The van der Waals surface area contributed by atoms with Gasteiger partial charge in [-0.3, -0.25) is 9.97 Å². The standard InChI is InChI=1S/C73H40N8S/c74-39-43-25-31-67-55(33-43)53-17-5-11-23-65(53)78(67)45-27-29-57-69(37-45)82-70-38-46(79-66-24-12-6-18-54(66)56-34-44(40-75)26-32-68(56)79)28-30-58(70)73(57)59-35-47(80-61-19-7-1-13-49(61)50-14-2-8-20-62(50)80)41-76-71(59)72-60(73)36-48(42-77-72)81-63-21-9-3-15-51(63)52-16-4-10-22-64(52)81/h1-38,41-42H. The third-order valence-electron chi connectivity index (χ3n) is 17.5. The van der Waals surface area contributed by atoms with Gasteiger partial charge < -0.3 is 18.3 Å². The van der Waals surface area contributed by atoms with Crippen molar-refractivity contribution in [3.8, 4) is 46.3 Å². The van der Waals surface area contributed by atoms with Crippen molar-refractivity contribution in [1.82, 2.24) is 28.2 Å². The zero-order valence-corrected chi connectivity index (χ0v) is 44.4. The quantitative estimate of drug-likeness (QED) is 0.175. The lowest BCUT2D eigenvalue weighted by atomic mass is 9.67. The molecule has 0 atom stereocenters. The Kier molecular flexibility index (Phi) is 9.07. The second-order valence-electron chi connectivity index (χ2n) is 21.5. The van der Waals surface area contributed by atoms with E-state index in [0.717, 1.165) is 132 Å². The van der Waals surface area contributed by atoms with E-state index in [1.165, 1.54) is 21.5 Å². The van der Waals surface area contributed by atoms with Crippen molar-refractivity contribution in [3.63, 3.8) is 0 Å². The van der Waals surface area contributed by atoms with Crippen molar-refractivity contribution in [3.05, 3.63) is 276 Å². The van der Waals surface area contributed by atoms with Gasteiger partial charge in [0.1, 0.15) is 0 Å². The molecule has 8 nitrogen and oxygen atoms in total. The van der Waals surface area contributed by atoms with Crippen molar-refractivity contribution in [2.75, 3.05) is 0 Å². The van der Waals surface area contributed by atoms with E-state index in [-0.39, 0.29) is 0 Å². The molecule has 1 spiro atoms. The maximum absolute atomic E-state index is 10.1. The molecular formula is C73H40N8S. The highest BCUT2D eigenvalue weighted by atomic mass is 32.2. The molecule has 0 amide bonds. The van der Waals surface area contributed by atoms with E-state index in [2.05, 4.69) is 237 Å². The minimum absolute atomic E-state index is 0.626. The predicted octanol–water partition coefficient (Wildman–Crippen LogP) is 17.4. The van der Waals surface area contributed by atoms with Gasteiger partial charge in [0, 0.05) is 75.4 Å². The van der Waals surface area contributed by atoms with Crippen molar-refractivity contribution in [1.29, 1.82) is 10.5 Å². The van der Waals surface area contributed by atoms with Crippen LogP contribution in [0.1, 0.15) is 33.4 Å². The fourth-order valence-corrected chi connectivity index (χ4v) is 15.5.